The van der Waals surface area contributed by atoms with Gasteiger partial charge in [-0.2, -0.15) is 0 Å². The van der Waals surface area contributed by atoms with Crippen molar-refractivity contribution >= 4 is 0 Å². The summed E-state index contributed by atoms with van der Waals surface area (Å²) in [5, 5.41) is 0. The van der Waals surface area contributed by atoms with Crippen molar-refractivity contribution in [3.05, 3.63) is 45.1 Å². The summed E-state index contributed by atoms with van der Waals surface area (Å²) < 4.78 is 0. The minimum absolute atomic E-state index is 0. The third kappa shape index (κ3) is 3.64. The quantitative estimate of drug-likeness (QED) is 0.392. The van der Waals surface area contributed by atoms with Crippen molar-refractivity contribution < 1.29 is 21.7 Å². The van der Waals surface area contributed by atoms with E-state index in [0.29, 0.717) is 5.92 Å². The molecule has 0 nitrogen and oxygen atoms in total. The van der Waals surface area contributed by atoms with Crippen LogP contribution in [-0.4, -0.2) is 0 Å². The minimum Gasteiger partial charge on any atom is -0.358 e. The van der Waals surface area contributed by atoms with Gasteiger partial charge in [0.25, 0.3) is 0 Å². The monoisotopic (exact) mass is 297 g/mol. The molecule has 2 aliphatic rings. The Bertz CT molecular complexity index is 338. The molecule has 0 saturated heterocycles. The molecule has 0 aliphatic heterocycles. The minimum atomic E-state index is 0. The third-order valence-electron chi connectivity index (χ3n) is 5.25. The second-order valence-corrected chi connectivity index (χ2v) is 5.82. The second kappa shape index (κ2) is 8.47. The Labute approximate surface area is 138 Å². The van der Waals surface area contributed by atoms with Crippen molar-refractivity contribution in [3.8, 4) is 0 Å². The molecule has 1 radical (unpaired) electrons. The summed E-state index contributed by atoms with van der Waals surface area (Å²) in [5.41, 5.74) is 4.98. The van der Waals surface area contributed by atoms with Crippen LogP contribution in [-0.2, 0) is 21.7 Å². The van der Waals surface area contributed by atoms with Crippen molar-refractivity contribution in [2.45, 2.75) is 41.5 Å². The molecule has 0 fully saturated rings. The SMILES string of the molecule is CC1=CC2=C(C1C)C(C)C(C)C(C)C2C.[CH3-].[CH3-].[CH3-].[Ti+3]. The summed E-state index contributed by atoms with van der Waals surface area (Å²) in [6, 6.07) is 0. The summed E-state index contributed by atoms with van der Waals surface area (Å²) in [6.45, 7) is 14.3. The first-order chi connectivity index (χ1) is 6.95. The molecule has 0 spiro atoms. The van der Waals surface area contributed by atoms with Gasteiger partial charge in [-0.3, -0.25) is 0 Å². The van der Waals surface area contributed by atoms with Crippen LogP contribution in [0.2, 0.25) is 0 Å². The van der Waals surface area contributed by atoms with Crippen molar-refractivity contribution in [3.63, 3.8) is 0 Å². The van der Waals surface area contributed by atoms with Crippen molar-refractivity contribution in [1.82, 2.24) is 0 Å². The van der Waals surface area contributed by atoms with Crippen molar-refractivity contribution in [2.24, 2.45) is 29.6 Å². The molecular formula is C18H33Ti. The van der Waals surface area contributed by atoms with Gasteiger partial charge in [0.05, 0.1) is 0 Å². The zero-order valence-electron chi connectivity index (χ0n) is 14.5. The molecule has 19 heavy (non-hydrogen) atoms. The maximum absolute atomic E-state index is 2.46. The molecule has 0 heterocycles. The van der Waals surface area contributed by atoms with Gasteiger partial charge in [0.2, 0.25) is 0 Å². The number of hydrogen-bond donors (Lipinski definition) is 0. The van der Waals surface area contributed by atoms with Crippen LogP contribution in [0.1, 0.15) is 41.5 Å². The smallest absolute Gasteiger partial charge is 0.358 e. The molecule has 109 valence electrons. The van der Waals surface area contributed by atoms with Crippen LogP contribution in [0.25, 0.3) is 0 Å². The topological polar surface area (TPSA) is 0 Å². The molecule has 1 heteroatoms. The Kier molecular flexibility index (Phi) is 10.8. The zero-order valence-corrected chi connectivity index (χ0v) is 16.0. The van der Waals surface area contributed by atoms with E-state index in [2.05, 4.69) is 47.6 Å². The van der Waals surface area contributed by atoms with Gasteiger partial charge in [-0.15, -0.1) is 0 Å². The van der Waals surface area contributed by atoms with E-state index in [0.717, 1.165) is 23.7 Å². The standard InChI is InChI=1S/C15H24.3CH3.Ti/c1-8-7-14-12(5)10(3)11(4)13(6)15(14)9(8)2;;;;/h7,9-13H,1-6H3;3*1H3;/q;3*-1;+3. The molecule has 5 unspecified atom stereocenters. The van der Waals surface area contributed by atoms with E-state index in [1.165, 1.54) is 0 Å². The largest absolute Gasteiger partial charge is 3.00 e. The van der Waals surface area contributed by atoms with Gasteiger partial charge in [0, 0.05) is 0 Å². The van der Waals surface area contributed by atoms with E-state index in [-0.39, 0.29) is 44.0 Å². The van der Waals surface area contributed by atoms with Crippen LogP contribution in [0.5, 0.6) is 0 Å². The fourth-order valence-corrected chi connectivity index (χ4v) is 3.48. The molecular weight excluding hydrogens is 264 g/mol. The average molecular weight is 297 g/mol. The number of hydrogen-bond acceptors (Lipinski definition) is 0. The molecule has 0 N–H and O–H groups in total. The maximum atomic E-state index is 2.46. The summed E-state index contributed by atoms with van der Waals surface area (Å²) >= 11 is 0. The predicted octanol–water partition coefficient (Wildman–Crippen LogP) is 5.79. The van der Waals surface area contributed by atoms with Gasteiger partial charge < -0.3 is 22.3 Å². The van der Waals surface area contributed by atoms with E-state index in [1.54, 1.807) is 16.7 Å². The first-order valence-corrected chi connectivity index (χ1v) is 6.37. The zero-order chi connectivity index (χ0) is 11.3. The van der Waals surface area contributed by atoms with Crippen LogP contribution < -0.4 is 0 Å². The first-order valence-electron chi connectivity index (χ1n) is 6.37. The van der Waals surface area contributed by atoms with Gasteiger partial charge in [0.1, 0.15) is 0 Å². The van der Waals surface area contributed by atoms with E-state index in [4.69, 9.17) is 0 Å². The first kappa shape index (κ1) is 24.2. The molecule has 0 aromatic rings. The van der Waals surface area contributed by atoms with Crippen LogP contribution >= 0.6 is 0 Å². The van der Waals surface area contributed by atoms with Crippen LogP contribution in [0.15, 0.2) is 22.8 Å². The normalized spacial score (nSPS) is 35.9. The van der Waals surface area contributed by atoms with Crippen molar-refractivity contribution in [2.75, 3.05) is 0 Å². The summed E-state index contributed by atoms with van der Waals surface area (Å²) in [7, 11) is 0. The summed E-state index contributed by atoms with van der Waals surface area (Å²) in [6.07, 6.45) is 2.46. The molecule has 0 bridgehead atoms. The van der Waals surface area contributed by atoms with Gasteiger partial charge in [-0.25, -0.2) is 0 Å². The summed E-state index contributed by atoms with van der Waals surface area (Å²) in [5.74, 6) is 3.89. The summed E-state index contributed by atoms with van der Waals surface area (Å²) in [4.78, 5) is 0. The molecule has 0 amide bonds. The van der Waals surface area contributed by atoms with Crippen LogP contribution in [0, 0.1) is 51.9 Å². The van der Waals surface area contributed by atoms with Crippen LogP contribution in [0.3, 0.4) is 0 Å². The van der Waals surface area contributed by atoms with E-state index < -0.39 is 0 Å². The van der Waals surface area contributed by atoms with Gasteiger partial charge in [-0.05, 0) is 42.1 Å². The molecule has 5 atom stereocenters. The molecule has 0 aromatic heterocycles. The van der Waals surface area contributed by atoms with Gasteiger partial charge in [-0.1, -0.05) is 51.8 Å². The number of allylic oxidation sites excluding steroid dienone is 4. The van der Waals surface area contributed by atoms with Crippen LogP contribution in [0.4, 0.5) is 0 Å². The Hall–Kier alpha value is 0.194. The Morgan fingerprint density at radius 2 is 1.21 bits per heavy atom. The van der Waals surface area contributed by atoms with E-state index in [9.17, 15) is 0 Å². The van der Waals surface area contributed by atoms with Gasteiger partial charge >= 0.3 is 21.7 Å². The molecule has 2 rings (SSSR count). The Morgan fingerprint density at radius 1 is 0.789 bits per heavy atom. The maximum Gasteiger partial charge on any atom is 3.00 e. The Balaban J connectivity index is -0.000000640. The van der Waals surface area contributed by atoms with E-state index in [1.807, 2.05) is 0 Å². The predicted molar refractivity (Wildman–Crippen MR) is 85.8 cm³/mol. The Morgan fingerprint density at radius 3 is 1.68 bits per heavy atom. The molecule has 0 saturated carbocycles. The average Bonchev–Trinajstić information content (AvgIpc) is 2.50. The third-order valence-corrected chi connectivity index (χ3v) is 5.25. The van der Waals surface area contributed by atoms with Gasteiger partial charge in [0.15, 0.2) is 0 Å². The molecule has 0 aromatic carbocycles. The fraction of sp³-hybridized carbons (Fsp3) is 0.611. The molecule has 2 aliphatic carbocycles. The number of rotatable bonds is 0. The van der Waals surface area contributed by atoms with Crippen molar-refractivity contribution in [1.29, 1.82) is 0 Å². The fourth-order valence-electron chi connectivity index (χ4n) is 3.48. The van der Waals surface area contributed by atoms with E-state index >= 15 is 0 Å². The second-order valence-electron chi connectivity index (χ2n) is 5.82.